The standard InChI is InChI=1S/C14H17N3O4S/c1-10-16-13-11(4-2-5-12(13)21-10)14(18)15-6-8-17-7-3-9-22(17,19)20/h2,4-5H,3,6-9H2,1H3,(H,15,18). The first-order valence-electron chi connectivity index (χ1n) is 7.09. The topological polar surface area (TPSA) is 92.5 Å². The van der Waals surface area contributed by atoms with Crippen LogP contribution in [-0.2, 0) is 10.0 Å². The number of nitrogens with zero attached hydrogens (tertiary/aromatic N) is 2. The molecule has 0 saturated carbocycles. The van der Waals surface area contributed by atoms with E-state index in [2.05, 4.69) is 10.3 Å². The number of carbonyl (C=O) groups excluding carboxylic acids is 1. The molecule has 0 atom stereocenters. The zero-order chi connectivity index (χ0) is 15.7. The maximum absolute atomic E-state index is 12.2. The molecule has 0 unspecified atom stereocenters. The lowest BCUT2D eigenvalue weighted by molar-refractivity contribution is 0.0953. The van der Waals surface area contributed by atoms with Gasteiger partial charge in [-0.3, -0.25) is 4.79 Å². The van der Waals surface area contributed by atoms with Gasteiger partial charge in [-0.15, -0.1) is 0 Å². The van der Waals surface area contributed by atoms with Gasteiger partial charge in [0.05, 0.1) is 11.3 Å². The summed E-state index contributed by atoms with van der Waals surface area (Å²) in [6.45, 7) is 2.81. The molecular formula is C14H17N3O4S. The molecule has 2 heterocycles. The van der Waals surface area contributed by atoms with E-state index in [-0.39, 0.29) is 18.2 Å². The van der Waals surface area contributed by atoms with Crippen LogP contribution in [0.15, 0.2) is 22.6 Å². The molecule has 1 aromatic carbocycles. The van der Waals surface area contributed by atoms with E-state index in [0.717, 1.165) is 0 Å². The minimum absolute atomic E-state index is 0.193. The lowest BCUT2D eigenvalue weighted by Crippen LogP contribution is -2.35. The van der Waals surface area contributed by atoms with Gasteiger partial charge in [0.25, 0.3) is 5.91 Å². The van der Waals surface area contributed by atoms with Crippen LogP contribution in [0.5, 0.6) is 0 Å². The summed E-state index contributed by atoms with van der Waals surface area (Å²) in [4.78, 5) is 16.5. The van der Waals surface area contributed by atoms with E-state index in [1.807, 2.05) is 0 Å². The first kappa shape index (κ1) is 15.0. The van der Waals surface area contributed by atoms with Gasteiger partial charge >= 0.3 is 0 Å². The number of aromatic nitrogens is 1. The zero-order valence-corrected chi connectivity index (χ0v) is 13.0. The summed E-state index contributed by atoms with van der Waals surface area (Å²) in [5, 5.41) is 2.74. The molecule has 0 bridgehead atoms. The van der Waals surface area contributed by atoms with Gasteiger partial charge in [-0.25, -0.2) is 17.7 Å². The van der Waals surface area contributed by atoms with E-state index in [1.165, 1.54) is 4.31 Å². The molecule has 2 aromatic rings. The molecule has 7 nitrogen and oxygen atoms in total. The van der Waals surface area contributed by atoms with Crippen molar-refractivity contribution in [1.29, 1.82) is 0 Å². The van der Waals surface area contributed by atoms with Crippen LogP contribution in [0.2, 0.25) is 0 Å². The number of para-hydroxylation sites is 1. The Morgan fingerprint density at radius 2 is 2.27 bits per heavy atom. The molecule has 1 aliphatic heterocycles. The van der Waals surface area contributed by atoms with Crippen molar-refractivity contribution in [3.05, 3.63) is 29.7 Å². The van der Waals surface area contributed by atoms with Gasteiger partial charge in [0, 0.05) is 26.6 Å². The minimum Gasteiger partial charge on any atom is -0.441 e. The Bertz CT molecular complexity index is 813. The third-order valence-electron chi connectivity index (χ3n) is 3.62. The molecule has 1 amide bonds. The molecule has 118 valence electrons. The Balaban J connectivity index is 1.67. The fourth-order valence-corrected chi connectivity index (χ4v) is 4.10. The monoisotopic (exact) mass is 323 g/mol. The fourth-order valence-electron chi connectivity index (χ4n) is 2.57. The molecule has 1 aromatic heterocycles. The highest BCUT2D eigenvalue weighted by molar-refractivity contribution is 7.89. The van der Waals surface area contributed by atoms with Crippen LogP contribution in [0.1, 0.15) is 22.7 Å². The van der Waals surface area contributed by atoms with E-state index >= 15 is 0 Å². The normalized spacial score (nSPS) is 17.9. The van der Waals surface area contributed by atoms with Crippen LogP contribution in [0.4, 0.5) is 0 Å². The first-order chi connectivity index (χ1) is 10.5. The number of hydrogen-bond donors (Lipinski definition) is 1. The van der Waals surface area contributed by atoms with Crippen LogP contribution >= 0.6 is 0 Å². The second-order valence-corrected chi connectivity index (χ2v) is 7.30. The molecule has 0 radical (unpaired) electrons. The highest BCUT2D eigenvalue weighted by Crippen LogP contribution is 2.19. The molecule has 1 fully saturated rings. The van der Waals surface area contributed by atoms with E-state index in [4.69, 9.17) is 4.42 Å². The fraction of sp³-hybridized carbons (Fsp3) is 0.429. The smallest absolute Gasteiger partial charge is 0.253 e. The van der Waals surface area contributed by atoms with Gasteiger partial charge < -0.3 is 9.73 Å². The van der Waals surface area contributed by atoms with Crippen molar-refractivity contribution in [2.24, 2.45) is 0 Å². The summed E-state index contributed by atoms with van der Waals surface area (Å²) in [6, 6.07) is 5.15. The summed E-state index contributed by atoms with van der Waals surface area (Å²) >= 11 is 0. The summed E-state index contributed by atoms with van der Waals surface area (Å²) in [7, 11) is -3.13. The average Bonchev–Trinajstić information content (AvgIpc) is 2.99. The van der Waals surface area contributed by atoms with E-state index in [9.17, 15) is 13.2 Å². The number of nitrogens with one attached hydrogen (secondary N) is 1. The number of hydrogen-bond acceptors (Lipinski definition) is 5. The molecule has 3 rings (SSSR count). The number of oxazole rings is 1. The Labute approximate surface area is 128 Å². The van der Waals surface area contributed by atoms with Gasteiger partial charge in [0.1, 0.15) is 5.52 Å². The maximum atomic E-state index is 12.2. The molecule has 0 aliphatic carbocycles. The van der Waals surface area contributed by atoms with Gasteiger partial charge in [-0.05, 0) is 18.6 Å². The number of benzene rings is 1. The van der Waals surface area contributed by atoms with Gasteiger partial charge in [-0.2, -0.15) is 0 Å². The summed E-state index contributed by atoms with van der Waals surface area (Å²) in [5.41, 5.74) is 1.51. The summed E-state index contributed by atoms with van der Waals surface area (Å²) in [6.07, 6.45) is 0.647. The molecule has 8 heteroatoms. The Morgan fingerprint density at radius 3 is 3.00 bits per heavy atom. The quantitative estimate of drug-likeness (QED) is 0.902. The molecule has 1 saturated heterocycles. The second-order valence-electron chi connectivity index (χ2n) is 5.21. The van der Waals surface area contributed by atoms with Crippen LogP contribution < -0.4 is 5.32 Å². The van der Waals surface area contributed by atoms with Gasteiger partial charge in [-0.1, -0.05) is 6.07 Å². The second kappa shape index (κ2) is 5.69. The number of carbonyl (C=O) groups is 1. The van der Waals surface area contributed by atoms with Crippen molar-refractivity contribution in [1.82, 2.24) is 14.6 Å². The Morgan fingerprint density at radius 1 is 1.45 bits per heavy atom. The third-order valence-corrected chi connectivity index (χ3v) is 5.58. The van der Waals surface area contributed by atoms with Crippen molar-refractivity contribution in [2.45, 2.75) is 13.3 Å². The number of rotatable bonds is 4. The molecule has 22 heavy (non-hydrogen) atoms. The predicted octanol–water partition coefficient (Wildman–Crippen LogP) is 0.902. The Hall–Kier alpha value is -1.93. The van der Waals surface area contributed by atoms with Crippen LogP contribution in [0, 0.1) is 6.92 Å². The number of amides is 1. The van der Waals surface area contributed by atoms with Crippen LogP contribution in [0.3, 0.4) is 0 Å². The summed E-state index contributed by atoms with van der Waals surface area (Å²) in [5.74, 6) is 0.410. The largest absolute Gasteiger partial charge is 0.441 e. The van der Waals surface area contributed by atoms with Gasteiger partial charge in [0.2, 0.25) is 10.0 Å². The molecular weight excluding hydrogens is 306 g/mol. The highest BCUT2D eigenvalue weighted by Gasteiger charge is 2.27. The van der Waals surface area contributed by atoms with Crippen LogP contribution in [-0.4, -0.2) is 49.0 Å². The highest BCUT2D eigenvalue weighted by atomic mass is 32.2. The Kier molecular flexibility index (Phi) is 3.88. The van der Waals surface area contributed by atoms with Crippen molar-refractivity contribution < 1.29 is 17.6 Å². The average molecular weight is 323 g/mol. The first-order valence-corrected chi connectivity index (χ1v) is 8.70. The third kappa shape index (κ3) is 2.84. The zero-order valence-electron chi connectivity index (χ0n) is 12.2. The number of fused-ring (bicyclic) bond motifs is 1. The number of sulfonamides is 1. The lowest BCUT2D eigenvalue weighted by atomic mass is 10.2. The van der Waals surface area contributed by atoms with E-state index in [1.54, 1.807) is 25.1 Å². The minimum atomic E-state index is -3.13. The lowest BCUT2D eigenvalue weighted by Gasteiger charge is -2.14. The molecule has 1 N–H and O–H groups in total. The molecule has 0 spiro atoms. The SMILES string of the molecule is Cc1nc2c(C(=O)NCCN3CCCS3(=O)=O)cccc2o1. The van der Waals surface area contributed by atoms with Gasteiger partial charge in [0.15, 0.2) is 11.5 Å². The predicted molar refractivity (Wildman–Crippen MR) is 81.1 cm³/mol. The molecule has 1 aliphatic rings. The van der Waals surface area contributed by atoms with Crippen molar-refractivity contribution in [3.8, 4) is 0 Å². The summed E-state index contributed by atoms with van der Waals surface area (Å²) < 4.78 is 30.2. The van der Waals surface area contributed by atoms with E-state index in [0.29, 0.717) is 42.1 Å². The van der Waals surface area contributed by atoms with Crippen LogP contribution in [0.25, 0.3) is 11.1 Å². The van der Waals surface area contributed by atoms with Crippen molar-refractivity contribution >= 4 is 27.0 Å². The van der Waals surface area contributed by atoms with E-state index < -0.39 is 10.0 Å². The maximum Gasteiger partial charge on any atom is 0.253 e. The number of aryl methyl sites for hydroxylation is 1. The van der Waals surface area contributed by atoms with Crippen molar-refractivity contribution in [2.75, 3.05) is 25.4 Å². The van der Waals surface area contributed by atoms with Crippen molar-refractivity contribution in [3.63, 3.8) is 0 Å².